The maximum absolute atomic E-state index is 2.43. The Labute approximate surface area is 255 Å². The number of hydrogen-bond acceptors (Lipinski definition) is 3. The summed E-state index contributed by atoms with van der Waals surface area (Å²) in [5, 5.41) is 4.94. The van der Waals surface area contributed by atoms with E-state index in [1.165, 1.54) is 42.3 Å². The van der Waals surface area contributed by atoms with Gasteiger partial charge < -0.3 is 9.80 Å². The van der Waals surface area contributed by atoms with Crippen molar-refractivity contribution in [2.45, 2.75) is 0 Å². The molecule has 0 atom stereocenters. The molecular weight excluding hydrogens is 541 g/mol. The van der Waals surface area contributed by atoms with E-state index in [1.54, 1.807) is 0 Å². The van der Waals surface area contributed by atoms with E-state index in [1.807, 2.05) is 11.3 Å². The molecule has 1 aromatic heterocycles. The normalized spacial score (nSPS) is 11.3. The fourth-order valence-corrected chi connectivity index (χ4v) is 7.43. The standard InChI is InChI=1S/C40H28N2S/c1-5-17-29(18-6-1)41(30-19-7-2-8-20-30)38-33-25-13-14-26-34(33)39(40-37(38)35-27-15-16-28-36(35)43-40)42(31-21-9-3-10-22-31)32-23-11-4-12-24-32/h1-28H. The van der Waals surface area contributed by atoms with Crippen LogP contribution in [0.3, 0.4) is 0 Å². The van der Waals surface area contributed by atoms with E-state index < -0.39 is 0 Å². The molecule has 0 bridgehead atoms. The molecule has 0 saturated carbocycles. The van der Waals surface area contributed by atoms with Crippen LogP contribution in [0.2, 0.25) is 0 Å². The van der Waals surface area contributed by atoms with Gasteiger partial charge in [0, 0.05) is 49.0 Å². The number of hydrogen-bond donors (Lipinski definition) is 0. The van der Waals surface area contributed by atoms with Gasteiger partial charge in [-0.2, -0.15) is 0 Å². The zero-order valence-corrected chi connectivity index (χ0v) is 24.3. The molecule has 0 unspecified atom stereocenters. The van der Waals surface area contributed by atoms with Gasteiger partial charge in [-0.05, 0) is 54.6 Å². The van der Waals surface area contributed by atoms with Gasteiger partial charge in [-0.1, -0.05) is 115 Å². The van der Waals surface area contributed by atoms with Crippen LogP contribution in [0.4, 0.5) is 34.1 Å². The van der Waals surface area contributed by atoms with Crippen LogP contribution in [0.1, 0.15) is 0 Å². The molecule has 0 saturated heterocycles. The number of nitrogens with zero attached hydrogens (tertiary/aromatic N) is 2. The van der Waals surface area contributed by atoms with Crippen LogP contribution in [0.25, 0.3) is 30.9 Å². The lowest BCUT2D eigenvalue weighted by atomic mass is 9.98. The fourth-order valence-electron chi connectivity index (χ4n) is 6.18. The van der Waals surface area contributed by atoms with Crippen LogP contribution >= 0.6 is 11.3 Å². The third-order valence-corrected chi connectivity index (χ3v) is 9.17. The number of rotatable bonds is 6. The average molecular weight is 569 g/mol. The third kappa shape index (κ3) is 4.34. The minimum Gasteiger partial charge on any atom is -0.309 e. The van der Waals surface area contributed by atoms with Crippen molar-refractivity contribution in [3.8, 4) is 0 Å². The Bertz CT molecular complexity index is 2090. The highest BCUT2D eigenvalue weighted by molar-refractivity contribution is 7.26. The molecule has 0 aliphatic heterocycles. The maximum atomic E-state index is 2.43. The second-order valence-corrected chi connectivity index (χ2v) is 11.6. The van der Waals surface area contributed by atoms with E-state index in [4.69, 9.17) is 0 Å². The summed E-state index contributed by atoms with van der Waals surface area (Å²) in [6.07, 6.45) is 0. The molecule has 0 aliphatic carbocycles. The van der Waals surface area contributed by atoms with Gasteiger partial charge in [0.05, 0.1) is 16.1 Å². The van der Waals surface area contributed by atoms with Gasteiger partial charge in [0.2, 0.25) is 0 Å². The molecule has 0 N–H and O–H groups in total. The molecule has 2 nitrogen and oxygen atoms in total. The summed E-state index contributed by atoms with van der Waals surface area (Å²) < 4.78 is 2.54. The molecule has 1 heterocycles. The minimum atomic E-state index is 1.13. The summed E-state index contributed by atoms with van der Waals surface area (Å²) in [4.78, 5) is 4.86. The maximum Gasteiger partial charge on any atom is 0.0720 e. The summed E-state index contributed by atoms with van der Waals surface area (Å²) in [7, 11) is 0. The first kappa shape index (κ1) is 25.3. The summed E-state index contributed by atoms with van der Waals surface area (Å²) in [5.74, 6) is 0. The number of benzene rings is 7. The van der Waals surface area contributed by atoms with Crippen molar-refractivity contribution in [2.75, 3.05) is 9.80 Å². The Hall–Kier alpha value is -5.38. The quantitative estimate of drug-likeness (QED) is 0.184. The second kappa shape index (κ2) is 10.8. The Morgan fingerprint density at radius 2 is 0.674 bits per heavy atom. The first-order chi connectivity index (χ1) is 21.4. The van der Waals surface area contributed by atoms with Crippen molar-refractivity contribution >= 4 is 76.4 Å². The van der Waals surface area contributed by atoms with Gasteiger partial charge in [-0.25, -0.2) is 0 Å². The molecule has 7 aromatic carbocycles. The molecule has 0 fully saturated rings. The smallest absolute Gasteiger partial charge is 0.0720 e. The lowest BCUT2D eigenvalue weighted by molar-refractivity contribution is 1.30. The van der Waals surface area contributed by atoms with Crippen molar-refractivity contribution in [3.05, 3.63) is 170 Å². The minimum absolute atomic E-state index is 1.13. The summed E-state index contributed by atoms with van der Waals surface area (Å²) in [6.45, 7) is 0. The van der Waals surface area contributed by atoms with E-state index in [-0.39, 0.29) is 0 Å². The van der Waals surface area contributed by atoms with Gasteiger partial charge in [0.1, 0.15) is 0 Å². The zero-order valence-electron chi connectivity index (χ0n) is 23.5. The second-order valence-electron chi connectivity index (χ2n) is 10.6. The van der Waals surface area contributed by atoms with Crippen LogP contribution in [0.5, 0.6) is 0 Å². The van der Waals surface area contributed by atoms with Crippen LogP contribution in [-0.4, -0.2) is 0 Å². The summed E-state index contributed by atoms with van der Waals surface area (Å²) >= 11 is 1.87. The fraction of sp³-hybridized carbons (Fsp3) is 0. The van der Waals surface area contributed by atoms with E-state index in [0.717, 1.165) is 22.7 Å². The summed E-state index contributed by atoms with van der Waals surface area (Å²) in [5.41, 5.74) is 6.93. The number of thiophene rings is 1. The molecular formula is C40H28N2S. The molecule has 0 spiro atoms. The Morgan fingerprint density at radius 3 is 1.14 bits per heavy atom. The topological polar surface area (TPSA) is 6.48 Å². The highest BCUT2D eigenvalue weighted by Crippen LogP contribution is 2.55. The first-order valence-corrected chi connectivity index (χ1v) is 15.4. The molecule has 0 aliphatic rings. The number of fused-ring (bicyclic) bond motifs is 4. The monoisotopic (exact) mass is 568 g/mol. The van der Waals surface area contributed by atoms with Crippen LogP contribution in [0, 0.1) is 0 Å². The van der Waals surface area contributed by atoms with Crippen LogP contribution in [0.15, 0.2) is 170 Å². The Kier molecular flexibility index (Phi) is 6.36. The highest BCUT2D eigenvalue weighted by Gasteiger charge is 2.27. The average Bonchev–Trinajstić information content (AvgIpc) is 3.47. The van der Waals surface area contributed by atoms with Gasteiger partial charge in [0.15, 0.2) is 0 Å². The highest BCUT2D eigenvalue weighted by atomic mass is 32.1. The molecule has 43 heavy (non-hydrogen) atoms. The Morgan fingerprint density at radius 1 is 0.326 bits per heavy atom. The lowest BCUT2D eigenvalue weighted by Crippen LogP contribution is -2.14. The van der Waals surface area contributed by atoms with Crippen molar-refractivity contribution in [1.82, 2.24) is 0 Å². The van der Waals surface area contributed by atoms with Gasteiger partial charge >= 0.3 is 0 Å². The number of anilines is 6. The molecule has 204 valence electrons. The van der Waals surface area contributed by atoms with Gasteiger partial charge in [0.25, 0.3) is 0 Å². The summed E-state index contributed by atoms with van der Waals surface area (Å²) in [6, 6.07) is 60.7. The van der Waals surface area contributed by atoms with Crippen molar-refractivity contribution in [2.24, 2.45) is 0 Å². The first-order valence-electron chi connectivity index (χ1n) is 14.5. The molecule has 3 heteroatoms. The lowest BCUT2D eigenvalue weighted by Gasteiger charge is -2.32. The molecule has 8 aromatic rings. The van der Waals surface area contributed by atoms with Gasteiger partial charge in [-0.3, -0.25) is 0 Å². The largest absolute Gasteiger partial charge is 0.309 e. The van der Waals surface area contributed by atoms with Gasteiger partial charge in [-0.15, -0.1) is 11.3 Å². The molecule has 8 rings (SSSR count). The van der Waals surface area contributed by atoms with Crippen molar-refractivity contribution in [3.63, 3.8) is 0 Å². The number of para-hydroxylation sites is 4. The van der Waals surface area contributed by atoms with Crippen LogP contribution < -0.4 is 9.80 Å². The SMILES string of the molecule is c1ccc(N(c2ccccc2)c2c3ccccc3c(N(c3ccccc3)c3ccccc3)c3c2sc2ccccc23)cc1. The molecule has 0 radical (unpaired) electrons. The van der Waals surface area contributed by atoms with Crippen LogP contribution in [-0.2, 0) is 0 Å². The van der Waals surface area contributed by atoms with E-state index in [9.17, 15) is 0 Å². The van der Waals surface area contributed by atoms with E-state index in [2.05, 4.69) is 180 Å². The van der Waals surface area contributed by atoms with Crippen molar-refractivity contribution in [1.29, 1.82) is 0 Å². The Balaban J connectivity index is 1.58. The molecule has 0 amide bonds. The van der Waals surface area contributed by atoms with Crippen molar-refractivity contribution < 1.29 is 0 Å². The zero-order chi connectivity index (χ0) is 28.6. The van der Waals surface area contributed by atoms with E-state index in [0.29, 0.717) is 0 Å². The van der Waals surface area contributed by atoms with E-state index >= 15 is 0 Å². The third-order valence-electron chi connectivity index (χ3n) is 7.99. The predicted molar refractivity (Wildman–Crippen MR) is 186 cm³/mol. The predicted octanol–water partition coefficient (Wildman–Crippen LogP) is 12.1.